The number of halogens is 1. The summed E-state index contributed by atoms with van der Waals surface area (Å²) in [7, 11) is 0. The fraction of sp³-hybridized carbons (Fsp3) is 0.381. The molecule has 30 heavy (non-hydrogen) atoms. The molecule has 0 radical (unpaired) electrons. The molecule has 1 amide bonds. The summed E-state index contributed by atoms with van der Waals surface area (Å²) in [6, 6.07) is 7.23. The summed E-state index contributed by atoms with van der Waals surface area (Å²) in [6.45, 7) is 1.12. The van der Waals surface area contributed by atoms with Crippen LogP contribution in [0, 0.1) is 5.92 Å². The minimum Gasteiger partial charge on any atom is -0.363 e. The Morgan fingerprint density at radius 2 is 2.00 bits per heavy atom. The zero-order valence-corrected chi connectivity index (χ0v) is 16.3. The first kappa shape index (κ1) is 18.8. The van der Waals surface area contributed by atoms with E-state index in [0.29, 0.717) is 30.3 Å². The van der Waals surface area contributed by atoms with Gasteiger partial charge in [0.15, 0.2) is 5.82 Å². The van der Waals surface area contributed by atoms with Gasteiger partial charge in [0, 0.05) is 23.4 Å². The van der Waals surface area contributed by atoms with Crippen molar-refractivity contribution in [3.8, 4) is 11.3 Å². The Morgan fingerprint density at radius 1 is 1.10 bits per heavy atom. The predicted molar refractivity (Wildman–Crippen MR) is 112 cm³/mol. The zero-order chi connectivity index (χ0) is 20.5. The number of nitrogens with one attached hydrogen (secondary N) is 3. The van der Waals surface area contributed by atoms with Crippen LogP contribution in [0.4, 0.5) is 16.0 Å². The van der Waals surface area contributed by atoms with Gasteiger partial charge < -0.3 is 16.0 Å². The lowest BCUT2D eigenvalue weighted by Crippen LogP contribution is -2.45. The Balaban J connectivity index is 1.38. The van der Waals surface area contributed by atoms with Crippen molar-refractivity contribution in [3.05, 3.63) is 36.7 Å². The monoisotopic (exact) mass is 407 g/mol. The molecule has 0 spiro atoms. The quantitative estimate of drug-likeness (QED) is 0.597. The Bertz CT molecular complexity index is 1090. The second-order valence-corrected chi connectivity index (χ2v) is 7.82. The van der Waals surface area contributed by atoms with Crippen LogP contribution in [0.3, 0.4) is 0 Å². The van der Waals surface area contributed by atoms with Gasteiger partial charge in [-0.05, 0) is 44.0 Å². The van der Waals surface area contributed by atoms with E-state index in [1.54, 1.807) is 12.4 Å². The summed E-state index contributed by atoms with van der Waals surface area (Å²) >= 11 is 0. The van der Waals surface area contributed by atoms with Gasteiger partial charge in [-0.2, -0.15) is 0 Å². The Hall–Kier alpha value is -3.20. The molecule has 2 aromatic heterocycles. The SMILES string of the molecule is O=C(Nc1cc2cc(-c3cncc(N[C@H]4CCNC[C@@H]4F)n3)ccc2nn1)C1CC1. The molecule has 2 fully saturated rings. The first-order valence-electron chi connectivity index (χ1n) is 10.2. The molecule has 2 atom stereocenters. The molecule has 8 nitrogen and oxygen atoms in total. The normalized spacial score (nSPS) is 21.4. The molecule has 154 valence electrons. The molecule has 0 bridgehead atoms. The van der Waals surface area contributed by atoms with Crippen LogP contribution < -0.4 is 16.0 Å². The van der Waals surface area contributed by atoms with Crippen molar-refractivity contribution < 1.29 is 9.18 Å². The average molecular weight is 407 g/mol. The van der Waals surface area contributed by atoms with Crippen molar-refractivity contribution in [2.45, 2.75) is 31.5 Å². The number of benzene rings is 1. The second kappa shape index (κ2) is 7.91. The summed E-state index contributed by atoms with van der Waals surface area (Å²) < 4.78 is 14.1. The lowest BCUT2D eigenvalue weighted by molar-refractivity contribution is -0.117. The van der Waals surface area contributed by atoms with E-state index < -0.39 is 6.17 Å². The van der Waals surface area contributed by atoms with Crippen molar-refractivity contribution >= 4 is 28.4 Å². The lowest BCUT2D eigenvalue weighted by Gasteiger charge is -2.27. The van der Waals surface area contributed by atoms with E-state index in [1.807, 2.05) is 24.3 Å². The number of carbonyl (C=O) groups excluding carboxylic acids is 1. The second-order valence-electron chi connectivity index (χ2n) is 7.82. The summed E-state index contributed by atoms with van der Waals surface area (Å²) in [5.41, 5.74) is 2.25. The molecule has 9 heteroatoms. The Labute approximate surface area is 172 Å². The zero-order valence-electron chi connectivity index (χ0n) is 16.3. The number of hydrogen-bond acceptors (Lipinski definition) is 7. The number of anilines is 2. The number of nitrogens with zero attached hydrogens (tertiary/aromatic N) is 4. The van der Waals surface area contributed by atoms with E-state index in [4.69, 9.17) is 0 Å². The van der Waals surface area contributed by atoms with Gasteiger partial charge in [-0.3, -0.25) is 9.78 Å². The highest BCUT2D eigenvalue weighted by molar-refractivity contribution is 5.95. The molecule has 1 saturated carbocycles. The minimum absolute atomic E-state index is 0.00599. The molecule has 3 N–H and O–H groups in total. The van der Waals surface area contributed by atoms with E-state index >= 15 is 0 Å². The molecule has 1 aliphatic carbocycles. The van der Waals surface area contributed by atoms with Crippen LogP contribution in [0.5, 0.6) is 0 Å². The van der Waals surface area contributed by atoms with Crippen LogP contribution in [0.2, 0.25) is 0 Å². The van der Waals surface area contributed by atoms with Crippen molar-refractivity contribution in [2.75, 3.05) is 23.7 Å². The number of carbonyl (C=O) groups is 1. The molecule has 0 unspecified atom stereocenters. The van der Waals surface area contributed by atoms with Gasteiger partial charge in [0.25, 0.3) is 0 Å². The highest BCUT2D eigenvalue weighted by Crippen LogP contribution is 2.30. The summed E-state index contributed by atoms with van der Waals surface area (Å²) in [5.74, 6) is 1.09. The predicted octanol–water partition coefficient (Wildman–Crippen LogP) is 2.55. The third kappa shape index (κ3) is 4.06. The first-order valence-corrected chi connectivity index (χ1v) is 10.2. The number of alkyl halides is 1. The standard InChI is InChI=1S/C21H22FN7O/c22-15-9-23-6-5-17(15)25-20-11-24-10-18(26-20)13-3-4-16-14(7-13)8-19(29-28-16)27-21(30)12-1-2-12/h3-4,7-8,10-12,15,17,23H,1-2,5-6,9H2,(H,25,26)(H,27,29,30)/t15-,17-/m0/s1. The van der Waals surface area contributed by atoms with Gasteiger partial charge in [0.2, 0.25) is 5.91 Å². The molecule has 5 rings (SSSR count). The number of hydrogen-bond donors (Lipinski definition) is 3. The molecule has 1 saturated heterocycles. The maximum Gasteiger partial charge on any atom is 0.228 e. The third-order valence-electron chi connectivity index (χ3n) is 5.46. The van der Waals surface area contributed by atoms with Gasteiger partial charge in [0.1, 0.15) is 12.0 Å². The van der Waals surface area contributed by atoms with Gasteiger partial charge in [-0.1, -0.05) is 6.07 Å². The molecule has 1 aliphatic heterocycles. The molecular formula is C21H22FN7O. The topological polar surface area (TPSA) is 105 Å². The minimum atomic E-state index is -0.965. The van der Waals surface area contributed by atoms with Gasteiger partial charge >= 0.3 is 0 Å². The summed E-state index contributed by atoms with van der Waals surface area (Å²) in [5, 5.41) is 18.2. The highest BCUT2D eigenvalue weighted by atomic mass is 19.1. The van der Waals surface area contributed by atoms with E-state index in [0.717, 1.165) is 35.9 Å². The molecular weight excluding hydrogens is 385 g/mol. The van der Waals surface area contributed by atoms with Crippen molar-refractivity contribution in [1.82, 2.24) is 25.5 Å². The summed E-state index contributed by atoms with van der Waals surface area (Å²) in [4.78, 5) is 20.9. The number of amides is 1. The van der Waals surface area contributed by atoms with Crippen molar-refractivity contribution in [1.29, 1.82) is 0 Å². The fourth-order valence-electron chi connectivity index (χ4n) is 3.59. The van der Waals surface area contributed by atoms with Gasteiger partial charge in [-0.15, -0.1) is 10.2 Å². The molecule has 3 aromatic rings. The summed E-state index contributed by atoms with van der Waals surface area (Å²) in [6.07, 6.45) is 4.87. The maximum atomic E-state index is 14.1. The van der Waals surface area contributed by atoms with E-state index in [-0.39, 0.29) is 17.9 Å². The van der Waals surface area contributed by atoms with Crippen LogP contribution in [0.15, 0.2) is 36.7 Å². The largest absolute Gasteiger partial charge is 0.363 e. The molecule has 1 aromatic carbocycles. The van der Waals surface area contributed by atoms with Crippen molar-refractivity contribution in [2.24, 2.45) is 5.92 Å². The average Bonchev–Trinajstić information content (AvgIpc) is 3.61. The van der Waals surface area contributed by atoms with Crippen LogP contribution in [0.1, 0.15) is 19.3 Å². The molecule has 3 heterocycles. The number of fused-ring (bicyclic) bond motifs is 1. The highest BCUT2D eigenvalue weighted by Gasteiger charge is 2.30. The van der Waals surface area contributed by atoms with Crippen LogP contribution in [-0.2, 0) is 4.79 Å². The van der Waals surface area contributed by atoms with E-state index in [1.165, 1.54) is 0 Å². The Kier molecular flexibility index (Phi) is 4.96. The van der Waals surface area contributed by atoms with Crippen LogP contribution in [-0.4, -0.2) is 51.4 Å². The van der Waals surface area contributed by atoms with Gasteiger partial charge in [0.05, 0.1) is 29.6 Å². The van der Waals surface area contributed by atoms with Crippen molar-refractivity contribution in [3.63, 3.8) is 0 Å². The van der Waals surface area contributed by atoms with Crippen LogP contribution in [0.25, 0.3) is 22.2 Å². The Morgan fingerprint density at radius 3 is 2.83 bits per heavy atom. The van der Waals surface area contributed by atoms with Crippen LogP contribution >= 0.6 is 0 Å². The number of rotatable bonds is 5. The van der Waals surface area contributed by atoms with E-state index in [9.17, 15) is 9.18 Å². The van der Waals surface area contributed by atoms with Gasteiger partial charge in [-0.25, -0.2) is 9.37 Å². The molecule has 2 aliphatic rings. The van der Waals surface area contributed by atoms with E-state index in [2.05, 4.69) is 36.1 Å². The smallest absolute Gasteiger partial charge is 0.228 e. The first-order chi connectivity index (χ1) is 14.7. The lowest BCUT2D eigenvalue weighted by atomic mass is 10.1. The number of aromatic nitrogens is 4. The fourth-order valence-corrected chi connectivity index (χ4v) is 3.59. The number of piperidine rings is 1. The maximum absolute atomic E-state index is 14.1. The third-order valence-corrected chi connectivity index (χ3v) is 5.46.